The first-order valence-electron chi connectivity index (χ1n) is 13.1. The SMILES string of the molecule is OC1=CC2=CC[C@H](O)[C@@H](C(c3ccc(-c4ccccc4)cc3)C3[C@H](O)CC=C4C=C(I)C=C[C@H]43)C2C=C1. The fourth-order valence-electron chi connectivity index (χ4n) is 6.79. The van der Waals surface area contributed by atoms with Crippen LogP contribution in [-0.2, 0) is 0 Å². The van der Waals surface area contributed by atoms with Crippen molar-refractivity contribution in [1.82, 2.24) is 0 Å². The Bertz CT molecular complexity index is 1280. The number of allylic oxidation sites excluding steroid dienone is 9. The number of aliphatic hydroxyl groups excluding tert-OH is 3. The summed E-state index contributed by atoms with van der Waals surface area (Å²) >= 11 is 2.35. The fraction of sp³-hybridized carbons (Fsp3) is 0.273. The molecule has 4 heteroatoms. The molecule has 0 amide bonds. The van der Waals surface area contributed by atoms with Crippen molar-refractivity contribution in [3.8, 4) is 11.1 Å². The van der Waals surface area contributed by atoms with Gasteiger partial charge in [-0.1, -0.05) is 85.0 Å². The summed E-state index contributed by atoms with van der Waals surface area (Å²) in [6.45, 7) is 0. The minimum Gasteiger partial charge on any atom is -0.508 e. The Labute approximate surface area is 232 Å². The van der Waals surface area contributed by atoms with Gasteiger partial charge in [0.1, 0.15) is 5.76 Å². The maximum absolute atomic E-state index is 11.5. The third-order valence-electron chi connectivity index (χ3n) is 8.47. The quantitative estimate of drug-likeness (QED) is 0.325. The van der Waals surface area contributed by atoms with Crippen molar-refractivity contribution in [3.05, 3.63) is 129 Å². The predicted octanol–water partition coefficient (Wildman–Crippen LogP) is 7.18. The minimum atomic E-state index is -0.546. The third kappa shape index (κ3) is 4.71. The van der Waals surface area contributed by atoms with Crippen LogP contribution in [0, 0.1) is 23.7 Å². The molecule has 0 heterocycles. The van der Waals surface area contributed by atoms with E-state index in [0.717, 1.165) is 16.7 Å². The highest BCUT2D eigenvalue weighted by atomic mass is 127. The largest absolute Gasteiger partial charge is 0.508 e. The second kappa shape index (κ2) is 10.2. The summed E-state index contributed by atoms with van der Waals surface area (Å²) in [7, 11) is 0. The zero-order valence-electron chi connectivity index (χ0n) is 20.5. The third-order valence-corrected chi connectivity index (χ3v) is 9.14. The number of aliphatic hydroxyl groups is 3. The minimum absolute atomic E-state index is 0.0248. The maximum Gasteiger partial charge on any atom is 0.115 e. The van der Waals surface area contributed by atoms with E-state index in [1.807, 2.05) is 30.4 Å². The molecule has 2 aromatic rings. The number of hydrogen-bond donors (Lipinski definition) is 3. The van der Waals surface area contributed by atoms with Crippen LogP contribution in [0.5, 0.6) is 0 Å². The lowest BCUT2D eigenvalue weighted by molar-refractivity contribution is 0.00605. The molecule has 0 spiro atoms. The van der Waals surface area contributed by atoms with Crippen LogP contribution >= 0.6 is 22.6 Å². The van der Waals surface area contributed by atoms with E-state index in [2.05, 4.69) is 89.4 Å². The Morgan fingerprint density at radius 1 is 0.703 bits per heavy atom. The lowest BCUT2D eigenvalue weighted by Gasteiger charge is -2.48. The van der Waals surface area contributed by atoms with E-state index in [1.54, 1.807) is 6.08 Å². The van der Waals surface area contributed by atoms with Crippen molar-refractivity contribution in [3.63, 3.8) is 0 Å². The average Bonchev–Trinajstić information content (AvgIpc) is 2.92. The van der Waals surface area contributed by atoms with Crippen LogP contribution in [0.25, 0.3) is 11.1 Å². The van der Waals surface area contributed by atoms with Crippen LogP contribution in [0.2, 0.25) is 0 Å². The lowest BCUT2D eigenvalue weighted by Crippen LogP contribution is -2.45. The van der Waals surface area contributed by atoms with Gasteiger partial charge in [-0.25, -0.2) is 0 Å². The van der Waals surface area contributed by atoms with Crippen molar-refractivity contribution < 1.29 is 15.3 Å². The predicted molar refractivity (Wildman–Crippen MR) is 157 cm³/mol. The average molecular weight is 603 g/mol. The molecule has 188 valence electrons. The molecule has 3 N–H and O–H groups in total. The van der Waals surface area contributed by atoms with Gasteiger partial charge < -0.3 is 15.3 Å². The molecule has 0 fully saturated rings. The van der Waals surface area contributed by atoms with Crippen LogP contribution in [0.15, 0.2) is 124 Å². The van der Waals surface area contributed by atoms with Gasteiger partial charge in [-0.3, -0.25) is 0 Å². The Morgan fingerprint density at radius 2 is 1.27 bits per heavy atom. The van der Waals surface area contributed by atoms with E-state index >= 15 is 0 Å². The van der Waals surface area contributed by atoms with Crippen molar-refractivity contribution in [2.45, 2.75) is 31.0 Å². The van der Waals surface area contributed by atoms with Crippen molar-refractivity contribution >= 4 is 22.6 Å². The molecule has 0 bridgehead atoms. The van der Waals surface area contributed by atoms with Gasteiger partial charge in [-0.15, -0.1) is 0 Å². The van der Waals surface area contributed by atoms with Crippen LogP contribution in [0.4, 0.5) is 0 Å². The Balaban J connectivity index is 1.46. The van der Waals surface area contributed by atoms with E-state index in [-0.39, 0.29) is 35.3 Å². The van der Waals surface area contributed by atoms with E-state index in [0.29, 0.717) is 12.8 Å². The van der Waals surface area contributed by atoms with Crippen molar-refractivity contribution in [2.24, 2.45) is 23.7 Å². The normalized spacial score (nSPS) is 31.3. The molecule has 3 nitrogen and oxygen atoms in total. The molecule has 0 aliphatic heterocycles. The van der Waals surface area contributed by atoms with Gasteiger partial charge >= 0.3 is 0 Å². The zero-order chi connectivity index (χ0) is 25.5. The maximum atomic E-state index is 11.5. The summed E-state index contributed by atoms with van der Waals surface area (Å²) in [4.78, 5) is 0. The molecule has 0 radical (unpaired) electrons. The summed E-state index contributed by atoms with van der Waals surface area (Å²) in [5.74, 6) is 0.0259. The summed E-state index contributed by atoms with van der Waals surface area (Å²) in [5, 5.41) is 33.2. The second-order valence-corrected chi connectivity index (χ2v) is 11.8. The molecule has 2 aromatic carbocycles. The van der Waals surface area contributed by atoms with Crippen molar-refractivity contribution in [2.75, 3.05) is 0 Å². The highest BCUT2D eigenvalue weighted by Crippen LogP contribution is 2.52. The topological polar surface area (TPSA) is 60.7 Å². The summed E-state index contributed by atoms with van der Waals surface area (Å²) in [6, 6.07) is 19.1. The van der Waals surface area contributed by atoms with E-state index in [1.165, 1.54) is 14.7 Å². The van der Waals surface area contributed by atoms with Gasteiger partial charge in [0.2, 0.25) is 0 Å². The second-order valence-electron chi connectivity index (χ2n) is 10.6. The van der Waals surface area contributed by atoms with E-state index in [4.69, 9.17) is 0 Å². The van der Waals surface area contributed by atoms with E-state index < -0.39 is 12.2 Å². The number of halogens is 1. The number of fused-ring (bicyclic) bond motifs is 2. The first-order chi connectivity index (χ1) is 18.0. The number of hydrogen-bond acceptors (Lipinski definition) is 3. The first-order valence-corrected chi connectivity index (χ1v) is 14.1. The monoisotopic (exact) mass is 602 g/mol. The Hall–Kier alpha value is -2.67. The van der Waals surface area contributed by atoms with Gasteiger partial charge in [0.15, 0.2) is 0 Å². The molecular weight excluding hydrogens is 571 g/mol. The number of benzene rings is 2. The van der Waals surface area contributed by atoms with Gasteiger partial charge in [0, 0.05) is 27.3 Å². The molecule has 0 aromatic heterocycles. The smallest absolute Gasteiger partial charge is 0.115 e. The summed E-state index contributed by atoms with van der Waals surface area (Å²) < 4.78 is 1.19. The zero-order valence-corrected chi connectivity index (χ0v) is 22.6. The standard InChI is InChI=1S/C33H31IO3/c34-25-12-14-27-23(18-25)10-16-29(36)32(27)31(22-8-6-21(7-9-22)20-4-2-1-3-5-20)33-28-15-13-26(35)19-24(28)11-17-30(33)37/h1-15,18-19,27-33,35-37H,16-17H2/t27-,28?,29-,30+,31?,32?,33+/m1/s1. The lowest BCUT2D eigenvalue weighted by atomic mass is 9.58. The molecule has 4 aliphatic carbocycles. The van der Waals surface area contributed by atoms with Gasteiger partial charge in [0.25, 0.3) is 0 Å². The van der Waals surface area contributed by atoms with Gasteiger partial charge in [-0.2, -0.15) is 0 Å². The molecule has 4 aliphatic rings. The van der Waals surface area contributed by atoms with Gasteiger partial charge in [-0.05, 0) is 87.4 Å². The summed E-state index contributed by atoms with van der Waals surface area (Å²) in [5.41, 5.74) is 5.77. The molecule has 37 heavy (non-hydrogen) atoms. The molecule has 6 rings (SSSR count). The molecule has 0 saturated heterocycles. The highest BCUT2D eigenvalue weighted by Gasteiger charge is 2.47. The Morgan fingerprint density at radius 3 is 1.92 bits per heavy atom. The summed E-state index contributed by atoms with van der Waals surface area (Å²) in [6.07, 6.45) is 16.5. The van der Waals surface area contributed by atoms with Crippen LogP contribution in [0.3, 0.4) is 0 Å². The Kier molecular flexibility index (Phi) is 6.82. The van der Waals surface area contributed by atoms with Crippen LogP contribution in [0.1, 0.15) is 24.3 Å². The van der Waals surface area contributed by atoms with Crippen LogP contribution < -0.4 is 0 Å². The number of rotatable bonds is 4. The van der Waals surface area contributed by atoms with E-state index in [9.17, 15) is 15.3 Å². The molecular formula is C33H31IO3. The fourth-order valence-corrected chi connectivity index (χ4v) is 7.36. The highest BCUT2D eigenvalue weighted by molar-refractivity contribution is 14.1. The molecule has 0 saturated carbocycles. The van der Waals surface area contributed by atoms with Crippen LogP contribution in [-0.4, -0.2) is 27.5 Å². The molecule has 3 unspecified atom stereocenters. The molecule has 7 atom stereocenters. The first kappa shape index (κ1) is 24.7. The van der Waals surface area contributed by atoms with Crippen molar-refractivity contribution in [1.29, 1.82) is 0 Å². The van der Waals surface area contributed by atoms with Gasteiger partial charge in [0.05, 0.1) is 12.2 Å².